The lowest BCUT2D eigenvalue weighted by molar-refractivity contribution is -0.126. The molecule has 1 saturated heterocycles. The van der Waals surface area contributed by atoms with Crippen LogP contribution in [-0.4, -0.2) is 45.1 Å². The summed E-state index contributed by atoms with van der Waals surface area (Å²) in [6.45, 7) is 6.29. The average Bonchev–Trinajstić information content (AvgIpc) is 3.25. The van der Waals surface area contributed by atoms with Crippen molar-refractivity contribution in [3.63, 3.8) is 0 Å². The van der Waals surface area contributed by atoms with Gasteiger partial charge in [-0.1, -0.05) is 11.3 Å². The number of hydrogen-bond donors (Lipinski definition) is 2. The van der Waals surface area contributed by atoms with Gasteiger partial charge < -0.3 is 10.4 Å². The Morgan fingerprint density at radius 1 is 1.31 bits per heavy atom. The monoisotopic (exact) mass is 397 g/mol. The molecule has 3 heterocycles. The number of carboxylic acid groups (broad SMARTS) is 1. The number of amides is 2. The molecular weight excluding hydrogens is 378 g/mol. The van der Waals surface area contributed by atoms with Gasteiger partial charge in [0.2, 0.25) is 16.9 Å². The van der Waals surface area contributed by atoms with Gasteiger partial charge in [0.05, 0.1) is 23.2 Å². The molecule has 1 unspecified atom stereocenters. The minimum Gasteiger partial charge on any atom is -0.483 e. The van der Waals surface area contributed by atoms with Crippen molar-refractivity contribution in [1.82, 2.24) is 20.5 Å². The number of hydrogen-bond acceptors (Lipinski definition) is 8. The largest absolute Gasteiger partial charge is 0.483 e. The van der Waals surface area contributed by atoms with E-state index in [2.05, 4.69) is 20.5 Å². The fourth-order valence-corrected chi connectivity index (χ4v) is 4.10. The van der Waals surface area contributed by atoms with E-state index in [1.165, 1.54) is 11.3 Å². The zero-order chi connectivity index (χ0) is 19.3. The van der Waals surface area contributed by atoms with Crippen LogP contribution in [0.4, 0.5) is 5.13 Å². The lowest BCUT2D eigenvalue weighted by atomic mass is 10.1. The van der Waals surface area contributed by atoms with Crippen LogP contribution in [-0.2, 0) is 20.9 Å². The van der Waals surface area contributed by atoms with E-state index in [0.29, 0.717) is 18.2 Å². The van der Waals surface area contributed by atoms with Crippen molar-refractivity contribution in [1.29, 1.82) is 0 Å². The average molecular weight is 397 g/mol. The van der Waals surface area contributed by atoms with Crippen molar-refractivity contribution < 1.29 is 19.5 Å². The fourth-order valence-electron chi connectivity index (χ4n) is 2.51. The molecule has 0 radical (unpaired) electrons. The number of aryl methyl sites for hydroxylation is 3. The zero-order valence-corrected chi connectivity index (χ0v) is 16.2. The van der Waals surface area contributed by atoms with Crippen LogP contribution in [0.15, 0.2) is 0 Å². The van der Waals surface area contributed by atoms with Gasteiger partial charge >= 0.3 is 0 Å². The molecule has 2 aromatic heterocycles. The fraction of sp³-hybridized carbons (Fsp3) is 0.467. The Balaban J connectivity index is 0.000000758. The molecule has 3 rings (SSSR count). The molecule has 11 heteroatoms. The molecular formula is C15H19N5O4S2. The van der Waals surface area contributed by atoms with E-state index < -0.39 is 0 Å². The number of anilines is 1. The van der Waals surface area contributed by atoms with Crippen molar-refractivity contribution in [3.05, 3.63) is 20.6 Å². The van der Waals surface area contributed by atoms with Gasteiger partial charge in [-0.15, -0.1) is 21.5 Å². The van der Waals surface area contributed by atoms with Gasteiger partial charge in [-0.3, -0.25) is 19.3 Å². The van der Waals surface area contributed by atoms with E-state index in [0.717, 1.165) is 20.6 Å². The highest BCUT2D eigenvalue weighted by atomic mass is 32.1. The number of aromatic nitrogens is 3. The molecule has 0 aliphatic carbocycles. The second-order valence-electron chi connectivity index (χ2n) is 5.57. The van der Waals surface area contributed by atoms with Crippen LogP contribution in [0.5, 0.6) is 0 Å². The summed E-state index contributed by atoms with van der Waals surface area (Å²) in [4.78, 5) is 39.7. The van der Waals surface area contributed by atoms with Crippen molar-refractivity contribution in [2.75, 3.05) is 11.4 Å². The van der Waals surface area contributed by atoms with E-state index >= 15 is 0 Å². The molecule has 1 fully saturated rings. The Morgan fingerprint density at radius 2 is 2.00 bits per heavy atom. The van der Waals surface area contributed by atoms with Crippen LogP contribution in [0.3, 0.4) is 0 Å². The molecule has 0 bridgehead atoms. The maximum absolute atomic E-state index is 12.3. The summed E-state index contributed by atoms with van der Waals surface area (Å²) < 4.78 is 0. The zero-order valence-electron chi connectivity index (χ0n) is 14.6. The number of carbonyl (C=O) groups excluding carboxylic acids is 2. The number of rotatable bonds is 4. The van der Waals surface area contributed by atoms with Gasteiger partial charge in [-0.2, -0.15) is 0 Å². The second-order valence-corrected chi connectivity index (χ2v) is 8.02. The van der Waals surface area contributed by atoms with Crippen molar-refractivity contribution in [2.45, 2.75) is 33.7 Å². The van der Waals surface area contributed by atoms with Crippen LogP contribution >= 0.6 is 22.7 Å². The predicted molar refractivity (Wildman–Crippen MR) is 97.2 cm³/mol. The summed E-state index contributed by atoms with van der Waals surface area (Å²) in [5, 5.41) is 20.1. The third-order valence-electron chi connectivity index (χ3n) is 3.66. The Labute approximate surface area is 158 Å². The standard InChI is InChI=1S/C14H17N5O2S2.CH2O2/c1-7-11(22-8(2)16-7)5-15-13(21)10-4-12(20)19(6-10)14-18-17-9(3)23-14;2-1-3/h10H,4-6H2,1-3H3,(H,15,21);1H,(H,2,3). The van der Waals surface area contributed by atoms with Crippen molar-refractivity contribution in [2.24, 2.45) is 5.92 Å². The van der Waals surface area contributed by atoms with Crippen LogP contribution in [0.1, 0.15) is 27.0 Å². The third kappa shape index (κ3) is 4.82. The summed E-state index contributed by atoms with van der Waals surface area (Å²) in [6.07, 6.45) is 0.213. The van der Waals surface area contributed by atoms with Crippen LogP contribution in [0.25, 0.3) is 0 Å². The first-order chi connectivity index (χ1) is 12.3. The summed E-state index contributed by atoms with van der Waals surface area (Å²) >= 11 is 2.94. The van der Waals surface area contributed by atoms with Crippen LogP contribution < -0.4 is 10.2 Å². The smallest absolute Gasteiger partial charge is 0.290 e. The normalized spacial score (nSPS) is 16.2. The summed E-state index contributed by atoms with van der Waals surface area (Å²) in [6, 6.07) is 0. The second kappa shape index (κ2) is 8.81. The third-order valence-corrected chi connectivity index (χ3v) is 5.60. The van der Waals surface area contributed by atoms with E-state index in [1.807, 2.05) is 20.8 Å². The van der Waals surface area contributed by atoms with Crippen LogP contribution in [0, 0.1) is 26.7 Å². The molecule has 0 aromatic carbocycles. The number of nitrogens with zero attached hydrogens (tertiary/aromatic N) is 4. The maximum Gasteiger partial charge on any atom is 0.290 e. The first kappa shape index (κ1) is 19.9. The first-order valence-corrected chi connectivity index (χ1v) is 9.38. The highest BCUT2D eigenvalue weighted by Crippen LogP contribution is 2.27. The molecule has 26 heavy (non-hydrogen) atoms. The molecule has 2 aromatic rings. The van der Waals surface area contributed by atoms with Crippen molar-refractivity contribution >= 4 is 46.1 Å². The summed E-state index contributed by atoms with van der Waals surface area (Å²) in [7, 11) is 0. The van der Waals surface area contributed by atoms with Crippen molar-refractivity contribution in [3.8, 4) is 0 Å². The van der Waals surface area contributed by atoms with E-state index in [1.54, 1.807) is 16.2 Å². The van der Waals surface area contributed by atoms with Gasteiger partial charge in [0, 0.05) is 17.8 Å². The Hall–Kier alpha value is -2.40. The highest BCUT2D eigenvalue weighted by Gasteiger charge is 2.36. The minimum atomic E-state index is -0.346. The molecule has 0 saturated carbocycles. The molecule has 2 amide bonds. The molecule has 0 spiro atoms. The first-order valence-electron chi connectivity index (χ1n) is 7.74. The SMILES string of the molecule is Cc1nnc(N2CC(C(=O)NCc3sc(C)nc3C)CC2=O)s1.O=CO. The molecule has 2 N–H and O–H groups in total. The topological polar surface area (TPSA) is 125 Å². The van der Waals surface area contributed by atoms with Gasteiger partial charge in [0.25, 0.3) is 6.47 Å². The van der Waals surface area contributed by atoms with Gasteiger partial charge in [0.15, 0.2) is 0 Å². The number of carbonyl (C=O) groups is 3. The molecule has 1 aliphatic rings. The minimum absolute atomic E-state index is 0.0777. The number of nitrogens with one attached hydrogen (secondary N) is 1. The van der Waals surface area contributed by atoms with E-state index in [9.17, 15) is 9.59 Å². The van der Waals surface area contributed by atoms with E-state index in [-0.39, 0.29) is 30.6 Å². The molecule has 1 aliphatic heterocycles. The summed E-state index contributed by atoms with van der Waals surface area (Å²) in [5.74, 6) is -0.528. The molecule has 9 nitrogen and oxygen atoms in total. The van der Waals surface area contributed by atoms with Gasteiger partial charge in [-0.25, -0.2) is 4.98 Å². The van der Waals surface area contributed by atoms with E-state index in [4.69, 9.17) is 9.90 Å². The lowest BCUT2D eigenvalue weighted by Gasteiger charge is -2.12. The Bertz CT molecular complexity index is 804. The lowest BCUT2D eigenvalue weighted by Crippen LogP contribution is -2.32. The van der Waals surface area contributed by atoms with Gasteiger partial charge in [0.1, 0.15) is 5.01 Å². The molecule has 1 atom stereocenters. The highest BCUT2D eigenvalue weighted by molar-refractivity contribution is 7.15. The Morgan fingerprint density at radius 3 is 2.54 bits per heavy atom. The summed E-state index contributed by atoms with van der Waals surface area (Å²) in [5.41, 5.74) is 0.946. The number of thiazole rings is 1. The predicted octanol–water partition coefficient (Wildman–Crippen LogP) is 1.29. The molecule has 140 valence electrons. The maximum atomic E-state index is 12.3. The van der Waals surface area contributed by atoms with Gasteiger partial charge in [-0.05, 0) is 20.8 Å². The van der Waals surface area contributed by atoms with Crippen LogP contribution in [0.2, 0.25) is 0 Å². The quantitative estimate of drug-likeness (QED) is 0.745. The Kier molecular flexibility index (Phi) is 6.75.